The second kappa shape index (κ2) is 6.25. The van der Waals surface area contributed by atoms with Gasteiger partial charge in [0, 0.05) is 37.6 Å². The number of hydrogen-bond donors (Lipinski definition) is 1. The van der Waals surface area contributed by atoms with Gasteiger partial charge in [-0.05, 0) is 18.4 Å². The van der Waals surface area contributed by atoms with E-state index in [2.05, 4.69) is 42.0 Å². The van der Waals surface area contributed by atoms with Crippen LogP contribution in [0.25, 0.3) is 0 Å². The number of rotatable bonds is 4. The Bertz CT molecular complexity index is 383. The van der Waals surface area contributed by atoms with E-state index in [1.165, 1.54) is 11.4 Å². The summed E-state index contributed by atoms with van der Waals surface area (Å²) in [5.41, 5.74) is 2.34. The Kier molecular flexibility index (Phi) is 4.66. The summed E-state index contributed by atoms with van der Waals surface area (Å²) >= 11 is 0. The summed E-state index contributed by atoms with van der Waals surface area (Å²) in [6.07, 6.45) is 0.983. The van der Waals surface area contributed by atoms with Crippen LogP contribution in [-0.2, 0) is 13.0 Å². The molecule has 2 heterocycles. The van der Waals surface area contributed by atoms with Crippen LogP contribution in [0.2, 0.25) is 0 Å². The molecule has 1 aliphatic rings. The van der Waals surface area contributed by atoms with Crippen molar-refractivity contribution in [2.24, 2.45) is 0 Å². The largest absolute Gasteiger partial charge is 0.314 e. The van der Waals surface area contributed by atoms with Crippen LogP contribution in [0, 0.1) is 0 Å². The van der Waals surface area contributed by atoms with E-state index in [0.29, 0.717) is 5.92 Å². The lowest BCUT2D eigenvalue weighted by molar-refractivity contribution is 0.227. The van der Waals surface area contributed by atoms with Crippen molar-refractivity contribution in [3.63, 3.8) is 0 Å². The molecule has 1 N–H and O–H groups in total. The highest BCUT2D eigenvalue weighted by atomic mass is 15.2. The number of nitrogens with zero attached hydrogens (tertiary/aromatic N) is 3. The van der Waals surface area contributed by atoms with Crippen molar-refractivity contribution in [3.05, 3.63) is 23.3 Å². The van der Waals surface area contributed by atoms with Crippen LogP contribution in [0.5, 0.6) is 0 Å². The molecule has 1 saturated heterocycles. The third-order valence-electron chi connectivity index (χ3n) is 3.37. The Hall–Kier alpha value is -1.00. The molecule has 0 spiro atoms. The minimum Gasteiger partial charge on any atom is -0.314 e. The summed E-state index contributed by atoms with van der Waals surface area (Å²) < 4.78 is 0. The van der Waals surface area contributed by atoms with Crippen molar-refractivity contribution < 1.29 is 0 Å². The van der Waals surface area contributed by atoms with Gasteiger partial charge in [0.05, 0.1) is 6.54 Å². The zero-order valence-electron chi connectivity index (χ0n) is 11.7. The summed E-state index contributed by atoms with van der Waals surface area (Å²) in [7, 11) is 0. The van der Waals surface area contributed by atoms with Gasteiger partial charge in [-0.25, -0.2) is 9.97 Å². The van der Waals surface area contributed by atoms with Gasteiger partial charge in [-0.1, -0.05) is 20.8 Å². The lowest BCUT2D eigenvalue weighted by atomic mass is 10.1. The molecule has 0 atom stereocenters. The van der Waals surface area contributed by atoms with Crippen molar-refractivity contribution >= 4 is 0 Å². The van der Waals surface area contributed by atoms with E-state index >= 15 is 0 Å². The van der Waals surface area contributed by atoms with Gasteiger partial charge in [0.1, 0.15) is 5.82 Å². The molecule has 18 heavy (non-hydrogen) atoms. The standard InChI is InChI=1S/C14H24N4/c1-4-12-9-13(11(2)3)17-14(16-12)10-18-7-5-15-6-8-18/h9,11,15H,4-8,10H2,1-3H3. The SMILES string of the molecule is CCc1cc(C(C)C)nc(CN2CCNCC2)n1. The van der Waals surface area contributed by atoms with Gasteiger partial charge in [-0.3, -0.25) is 4.90 Å². The van der Waals surface area contributed by atoms with E-state index in [-0.39, 0.29) is 0 Å². The fourth-order valence-corrected chi connectivity index (χ4v) is 2.19. The predicted octanol–water partition coefficient (Wildman–Crippen LogP) is 1.57. The van der Waals surface area contributed by atoms with Gasteiger partial charge >= 0.3 is 0 Å². The third-order valence-corrected chi connectivity index (χ3v) is 3.37. The normalized spacial score (nSPS) is 17.3. The number of aromatic nitrogens is 2. The molecule has 1 aliphatic heterocycles. The van der Waals surface area contributed by atoms with Crippen LogP contribution >= 0.6 is 0 Å². The molecule has 0 bridgehead atoms. The van der Waals surface area contributed by atoms with Gasteiger partial charge in [-0.15, -0.1) is 0 Å². The van der Waals surface area contributed by atoms with Gasteiger partial charge in [-0.2, -0.15) is 0 Å². The topological polar surface area (TPSA) is 41.1 Å². The van der Waals surface area contributed by atoms with Gasteiger partial charge < -0.3 is 5.32 Å². The first-order chi connectivity index (χ1) is 8.69. The monoisotopic (exact) mass is 248 g/mol. The molecule has 0 amide bonds. The molecule has 4 nitrogen and oxygen atoms in total. The number of aryl methyl sites for hydroxylation is 1. The Labute approximate surface area is 110 Å². The maximum atomic E-state index is 4.70. The molecule has 0 radical (unpaired) electrons. The zero-order valence-corrected chi connectivity index (χ0v) is 11.7. The fourth-order valence-electron chi connectivity index (χ4n) is 2.19. The smallest absolute Gasteiger partial charge is 0.142 e. The molecular formula is C14H24N4. The van der Waals surface area contributed by atoms with Crippen molar-refractivity contribution in [1.29, 1.82) is 0 Å². The Balaban J connectivity index is 2.12. The van der Waals surface area contributed by atoms with Crippen molar-refractivity contribution in [2.75, 3.05) is 26.2 Å². The summed E-state index contributed by atoms with van der Waals surface area (Å²) in [5, 5.41) is 3.37. The molecule has 1 aromatic heterocycles. The van der Waals surface area contributed by atoms with Crippen LogP contribution in [-0.4, -0.2) is 41.0 Å². The van der Waals surface area contributed by atoms with Gasteiger partial charge in [0.2, 0.25) is 0 Å². The van der Waals surface area contributed by atoms with E-state index in [0.717, 1.165) is 45.0 Å². The quantitative estimate of drug-likeness (QED) is 0.878. The first-order valence-electron chi connectivity index (χ1n) is 6.99. The highest BCUT2D eigenvalue weighted by Gasteiger charge is 2.13. The average Bonchev–Trinajstić information content (AvgIpc) is 2.39. The maximum absolute atomic E-state index is 4.70. The Morgan fingerprint density at radius 1 is 1.28 bits per heavy atom. The van der Waals surface area contributed by atoms with Crippen LogP contribution in [0.15, 0.2) is 6.07 Å². The molecule has 1 fully saturated rings. The Morgan fingerprint density at radius 2 is 2.00 bits per heavy atom. The molecule has 1 aromatic rings. The lowest BCUT2D eigenvalue weighted by Crippen LogP contribution is -2.43. The second-order valence-electron chi connectivity index (χ2n) is 5.23. The molecule has 0 saturated carbocycles. The first-order valence-corrected chi connectivity index (χ1v) is 6.99. The molecule has 4 heteroatoms. The van der Waals surface area contributed by atoms with Crippen LogP contribution < -0.4 is 5.32 Å². The lowest BCUT2D eigenvalue weighted by Gasteiger charge is -2.26. The minimum absolute atomic E-state index is 0.472. The predicted molar refractivity (Wildman–Crippen MR) is 73.6 cm³/mol. The molecule has 100 valence electrons. The second-order valence-corrected chi connectivity index (χ2v) is 5.23. The zero-order chi connectivity index (χ0) is 13.0. The summed E-state index contributed by atoms with van der Waals surface area (Å²) in [4.78, 5) is 11.8. The van der Waals surface area contributed by atoms with Crippen LogP contribution in [0.4, 0.5) is 0 Å². The average molecular weight is 248 g/mol. The van der Waals surface area contributed by atoms with Crippen molar-refractivity contribution in [2.45, 2.75) is 39.7 Å². The van der Waals surface area contributed by atoms with Gasteiger partial charge in [0.25, 0.3) is 0 Å². The molecule has 0 unspecified atom stereocenters. The van der Waals surface area contributed by atoms with E-state index in [9.17, 15) is 0 Å². The van der Waals surface area contributed by atoms with E-state index in [1.807, 2.05) is 0 Å². The summed E-state index contributed by atoms with van der Waals surface area (Å²) in [5.74, 6) is 1.46. The van der Waals surface area contributed by atoms with Crippen LogP contribution in [0.1, 0.15) is 43.9 Å². The maximum Gasteiger partial charge on any atom is 0.142 e. The van der Waals surface area contributed by atoms with Crippen molar-refractivity contribution in [1.82, 2.24) is 20.2 Å². The number of piperazine rings is 1. The summed E-state index contributed by atoms with van der Waals surface area (Å²) in [6.45, 7) is 11.8. The fraction of sp³-hybridized carbons (Fsp3) is 0.714. The van der Waals surface area contributed by atoms with E-state index < -0.39 is 0 Å². The Morgan fingerprint density at radius 3 is 2.61 bits per heavy atom. The van der Waals surface area contributed by atoms with Crippen molar-refractivity contribution in [3.8, 4) is 0 Å². The van der Waals surface area contributed by atoms with E-state index in [4.69, 9.17) is 4.98 Å². The van der Waals surface area contributed by atoms with Crippen LogP contribution in [0.3, 0.4) is 0 Å². The van der Waals surface area contributed by atoms with Gasteiger partial charge in [0.15, 0.2) is 0 Å². The molecule has 2 rings (SSSR count). The summed E-state index contributed by atoms with van der Waals surface area (Å²) in [6, 6.07) is 2.14. The molecular weight excluding hydrogens is 224 g/mol. The van der Waals surface area contributed by atoms with E-state index in [1.54, 1.807) is 0 Å². The highest BCUT2D eigenvalue weighted by molar-refractivity contribution is 5.14. The molecule has 0 aromatic carbocycles. The highest BCUT2D eigenvalue weighted by Crippen LogP contribution is 2.14. The molecule has 0 aliphatic carbocycles. The number of nitrogens with one attached hydrogen (secondary N) is 1. The number of hydrogen-bond acceptors (Lipinski definition) is 4. The third kappa shape index (κ3) is 3.50. The minimum atomic E-state index is 0.472. The first kappa shape index (κ1) is 13.4.